The van der Waals surface area contributed by atoms with E-state index in [1.807, 2.05) is 36.5 Å². The molecule has 0 aliphatic rings. The fourth-order valence-electron chi connectivity index (χ4n) is 1.79. The number of benzene rings is 1. The number of nitrogens with zero attached hydrogens (tertiary/aromatic N) is 2. The molecule has 78 valence electrons. The van der Waals surface area contributed by atoms with Gasteiger partial charge in [0.15, 0.2) is 0 Å². The van der Waals surface area contributed by atoms with Crippen LogP contribution in [-0.2, 0) is 6.42 Å². The average Bonchev–Trinajstić information content (AvgIpc) is 2.72. The van der Waals surface area contributed by atoms with Crippen molar-refractivity contribution in [1.29, 1.82) is 0 Å². The number of H-pyrrole nitrogens is 1. The molecule has 0 aliphatic heterocycles. The van der Waals surface area contributed by atoms with Gasteiger partial charge in [-0.2, -0.15) is 0 Å². The first-order chi connectivity index (χ1) is 7.92. The van der Waals surface area contributed by atoms with Crippen LogP contribution in [0.3, 0.4) is 0 Å². The zero-order chi connectivity index (χ0) is 10.8. The van der Waals surface area contributed by atoms with Crippen LogP contribution in [0.4, 0.5) is 0 Å². The molecule has 0 unspecified atom stereocenters. The molecule has 0 saturated carbocycles. The number of aromatic amines is 1. The molecule has 0 fully saturated rings. The van der Waals surface area contributed by atoms with Gasteiger partial charge in [0.25, 0.3) is 0 Å². The Labute approximate surface area is 93.2 Å². The predicted octanol–water partition coefficient (Wildman–Crippen LogP) is 2.55. The van der Waals surface area contributed by atoms with E-state index in [0.717, 1.165) is 23.3 Å². The van der Waals surface area contributed by atoms with Gasteiger partial charge in [0, 0.05) is 18.8 Å². The first-order valence-corrected chi connectivity index (χ1v) is 5.24. The van der Waals surface area contributed by atoms with Crippen molar-refractivity contribution in [1.82, 2.24) is 15.0 Å². The molecule has 16 heavy (non-hydrogen) atoms. The maximum Gasteiger partial charge on any atom is 0.111 e. The lowest BCUT2D eigenvalue weighted by atomic mass is 10.2. The molecule has 0 saturated heterocycles. The fraction of sp³-hybridized carbons (Fsp3) is 0.0769. The first-order valence-electron chi connectivity index (χ1n) is 5.24. The molecule has 3 rings (SSSR count). The number of para-hydroxylation sites is 2. The minimum atomic E-state index is 0.794. The second-order valence-electron chi connectivity index (χ2n) is 3.74. The molecule has 0 radical (unpaired) electrons. The zero-order valence-electron chi connectivity index (χ0n) is 8.72. The SMILES string of the molecule is c1cncc(Cc2nc3ccccc3[nH]2)c1. The highest BCUT2D eigenvalue weighted by Gasteiger charge is 2.02. The maximum atomic E-state index is 4.52. The van der Waals surface area contributed by atoms with Gasteiger partial charge in [-0.1, -0.05) is 18.2 Å². The number of nitrogens with one attached hydrogen (secondary N) is 1. The number of hydrogen-bond acceptors (Lipinski definition) is 2. The van der Waals surface area contributed by atoms with E-state index in [4.69, 9.17) is 0 Å². The van der Waals surface area contributed by atoms with Gasteiger partial charge in [-0.15, -0.1) is 0 Å². The van der Waals surface area contributed by atoms with Gasteiger partial charge in [-0.25, -0.2) is 4.98 Å². The molecule has 3 aromatic rings. The molecule has 3 heteroatoms. The lowest BCUT2D eigenvalue weighted by Crippen LogP contribution is -1.90. The van der Waals surface area contributed by atoms with E-state index in [2.05, 4.69) is 21.0 Å². The van der Waals surface area contributed by atoms with E-state index in [0.29, 0.717) is 0 Å². The van der Waals surface area contributed by atoms with Gasteiger partial charge >= 0.3 is 0 Å². The second-order valence-corrected chi connectivity index (χ2v) is 3.74. The van der Waals surface area contributed by atoms with Crippen LogP contribution in [0.2, 0.25) is 0 Å². The quantitative estimate of drug-likeness (QED) is 0.704. The Morgan fingerprint density at radius 2 is 2.00 bits per heavy atom. The van der Waals surface area contributed by atoms with Gasteiger partial charge in [0.2, 0.25) is 0 Å². The molecule has 0 spiro atoms. The third kappa shape index (κ3) is 1.67. The minimum absolute atomic E-state index is 0.794. The van der Waals surface area contributed by atoms with E-state index in [-0.39, 0.29) is 0 Å². The van der Waals surface area contributed by atoms with Crippen molar-refractivity contribution in [2.24, 2.45) is 0 Å². The summed E-state index contributed by atoms with van der Waals surface area (Å²) in [5, 5.41) is 0. The number of rotatable bonds is 2. The summed E-state index contributed by atoms with van der Waals surface area (Å²) in [6.07, 6.45) is 4.44. The van der Waals surface area contributed by atoms with Crippen molar-refractivity contribution in [2.75, 3.05) is 0 Å². The van der Waals surface area contributed by atoms with Crippen LogP contribution in [0.1, 0.15) is 11.4 Å². The molecule has 0 atom stereocenters. The summed E-state index contributed by atoms with van der Waals surface area (Å²) >= 11 is 0. The molecular weight excluding hydrogens is 198 g/mol. The van der Waals surface area contributed by atoms with Crippen molar-refractivity contribution in [2.45, 2.75) is 6.42 Å². The van der Waals surface area contributed by atoms with Crippen LogP contribution in [0.25, 0.3) is 11.0 Å². The molecule has 0 amide bonds. The van der Waals surface area contributed by atoms with E-state index in [9.17, 15) is 0 Å². The Bertz CT molecular complexity index is 566. The minimum Gasteiger partial charge on any atom is -0.342 e. The van der Waals surface area contributed by atoms with E-state index >= 15 is 0 Å². The van der Waals surface area contributed by atoms with Crippen LogP contribution in [0, 0.1) is 0 Å². The molecule has 3 nitrogen and oxygen atoms in total. The van der Waals surface area contributed by atoms with Gasteiger partial charge in [0.1, 0.15) is 5.82 Å². The van der Waals surface area contributed by atoms with E-state index in [1.165, 1.54) is 5.56 Å². The highest BCUT2D eigenvalue weighted by molar-refractivity contribution is 5.74. The Morgan fingerprint density at radius 3 is 2.81 bits per heavy atom. The summed E-state index contributed by atoms with van der Waals surface area (Å²) < 4.78 is 0. The zero-order valence-corrected chi connectivity index (χ0v) is 8.72. The van der Waals surface area contributed by atoms with Crippen LogP contribution < -0.4 is 0 Å². The second kappa shape index (κ2) is 3.77. The average molecular weight is 209 g/mol. The lowest BCUT2D eigenvalue weighted by Gasteiger charge is -1.95. The topological polar surface area (TPSA) is 41.6 Å². The fourth-order valence-corrected chi connectivity index (χ4v) is 1.79. The lowest BCUT2D eigenvalue weighted by molar-refractivity contribution is 1.02. The summed E-state index contributed by atoms with van der Waals surface area (Å²) in [5.41, 5.74) is 3.27. The summed E-state index contributed by atoms with van der Waals surface area (Å²) in [6.45, 7) is 0. The Balaban J connectivity index is 1.95. The molecule has 2 aromatic heterocycles. The first kappa shape index (κ1) is 9.09. The van der Waals surface area contributed by atoms with E-state index < -0.39 is 0 Å². The molecular formula is C13H11N3. The molecule has 1 N–H and O–H groups in total. The van der Waals surface area contributed by atoms with Crippen molar-refractivity contribution >= 4 is 11.0 Å². The number of hydrogen-bond donors (Lipinski definition) is 1. The van der Waals surface area contributed by atoms with Crippen molar-refractivity contribution < 1.29 is 0 Å². The van der Waals surface area contributed by atoms with Crippen LogP contribution in [0.15, 0.2) is 48.8 Å². The van der Waals surface area contributed by atoms with Crippen LogP contribution in [-0.4, -0.2) is 15.0 Å². The number of pyridine rings is 1. The molecule has 0 bridgehead atoms. The van der Waals surface area contributed by atoms with Gasteiger partial charge in [-0.3, -0.25) is 4.98 Å². The third-order valence-corrected chi connectivity index (χ3v) is 2.53. The smallest absolute Gasteiger partial charge is 0.111 e. The molecule has 1 aromatic carbocycles. The van der Waals surface area contributed by atoms with Gasteiger partial charge < -0.3 is 4.98 Å². The van der Waals surface area contributed by atoms with Gasteiger partial charge in [-0.05, 0) is 23.8 Å². The monoisotopic (exact) mass is 209 g/mol. The molecule has 2 heterocycles. The van der Waals surface area contributed by atoms with E-state index in [1.54, 1.807) is 6.20 Å². The van der Waals surface area contributed by atoms with Gasteiger partial charge in [0.05, 0.1) is 11.0 Å². The van der Waals surface area contributed by atoms with Crippen LogP contribution in [0.5, 0.6) is 0 Å². The highest BCUT2D eigenvalue weighted by Crippen LogP contribution is 2.12. The van der Waals surface area contributed by atoms with Crippen LogP contribution >= 0.6 is 0 Å². The Kier molecular flexibility index (Phi) is 2.14. The summed E-state index contributed by atoms with van der Waals surface area (Å²) in [6, 6.07) is 12.1. The molecule has 0 aliphatic carbocycles. The largest absolute Gasteiger partial charge is 0.342 e. The summed E-state index contributed by atoms with van der Waals surface area (Å²) in [5.74, 6) is 0.981. The maximum absolute atomic E-state index is 4.52. The number of aromatic nitrogens is 3. The third-order valence-electron chi connectivity index (χ3n) is 2.53. The van der Waals surface area contributed by atoms with Crippen molar-refractivity contribution in [3.8, 4) is 0 Å². The Hall–Kier alpha value is -2.16. The predicted molar refractivity (Wildman–Crippen MR) is 63.1 cm³/mol. The standard InChI is InChI=1S/C13H11N3/c1-2-6-12-11(5-1)15-13(16-12)8-10-4-3-7-14-9-10/h1-7,9H,8H2,(H,15,16). The Morgan fingerprint density at radius 1 is 1.06 bits per heavy atom. The van der Waals surface area contributed by atoms with Crippen molar-refractivity contribution in [3.05, 3.63) is 60.2 Å². The number of imidazole rings is 1. The summed E-state index contributed by atoms with van der Waals surface area (Å²) in [4.78, 5) is 11.9. The normalized spacial score (nSPS) is 10.8. The summed E-state index contributed by atoms with van der Waals surface area (Å²) in [7, 11) is 0. The number of fused-ring (bicyclic) bond motifs is 1. The van der Waals surface area contributed by atoms with Crippen molar-refractivity contribution in [3.63, 3.8) is 0 Å². The highest BCUT2D eigenvalue weighted by atomic mass is 14.9.